The van der Waals surface area contributed by atoms with Crippen molar-refractivity contribution in [2.75, 3.05) is 0 Å². The van der Waals surface area contributed by atoms with Crippen LogP contribution in [0.25, 0.3) is 0 Å². The van der Waals surface area contributed by atoms with E-state index in [1.165, 1.54) is 12.1 Å². The van der Waals surface area contributed by atoms with Crippen LogP contribution < -0.4 is 4.74 Å². The van der Waals surface area contributed by atoms with Crippen molar-refractivity contribution in [3.8, 4) is 5.75 Å². The highest BCUT2D eigenvalue weighted by Gasteiger charge is 2.31. The molecule has 0 N–H and O–H groups in total. The summed E-state index contributed by atoms with van der Waals surface area (Å²) in [7, 11) is 0. The number of rotatable bonds is 2. The first-order chi connectivity index (χ1) is 10.9. The van der Waals surface area contributed by atoms with Crippen LogP contribution in [0.1, 0.15) is 29.3 Å². The number of benzene rings is 1. The van der Waals surface area contributed by atoms with Crippen molar-refractivity contribution in [2.24, 2.45) is 5.16 Å². The third-order valence-corrected chi connectivity index (χ3v) is 3.37. The van der Waals surface area contributed by atoms with Crippen molar-refractivity contribution in [1.29, 1.82) is 0 Å². The van der Waals surface area contributed by atoms with Crippen molar-refractivity contribution in [1.82, 2.24) is 4.98 Å². The third-order valence-electron chi connectivity index (χ3n) is 3.37. The standard InChI is InChI=1S/C16H13F3N2O2/c1-10-2-7-13(9-20-10)22-15-8-14(23-21-15)11-3-5-12(6-4-11)16(17,18)19/h2-7,9,14H,8H2,1H3/t14-/m0/s1. The second-order valence-corrected chi connectivity index (χ2v) is 5.14. The molecule has 0 radical (unpaired) electrons. The first-order valence-electron chi connectivity index (χ1n) is 6.92. The summed E-state index contributed by atoms with van der Waals surface area (Å²) in [4.78, 5) is 9.34. The fourth-order valence-corrected chi connectivity index (χ4v) is 2.13. The van der Waals surface area contributed by atoms with Gasteiger partial charge in [-0.25, -0.2) is 0 Å². The SMILES string of the molecule is Cc1ccc(OC2=NO[C@H](c3ccc(C(F)(F)F)cc3)C2)cn1. The van der Waals surface area contributed by atoms with Gasteiger partial charge in [0.25, 0.3) is 0 Å². The zero-order chi connectivity index (χ0) is 16.4. The molecule has 0 fully saturated rings. The van der Waals surface area contributed by atoms with Gasteiger partial charge in [-0.2, -0.15) is 13.2 Å². The van der Waals surface area contributed by atoms with Gasteiger partial charge in [0, 0.05) is 5.69 Å². The second-order valence-electron chi connectivity index (χ2n) is 5.14. The molecule has 3 rings (SSSR count). The minimum absolute atomic E-state index is 0.346. The largest absolute Gasteiger partial charge is 0.438 e. The average molecular weight is 322 g/mol. The number of nitrogens with zero attached hydrogens (tertiary/aromatic N) is 2. The van der Waals surface area contributed by atoms with Gasteiger partial charge in [-0.3, -0.25) is 4.98 Å². The molecule has 0 amide bonds. The number of hydrogen-bond acceptors (Lipinski definition) is 4. The molecular weight excluding hydrogens is 309 g/mol. The molecule has 0 bridgehead atoms. The van der Waals surface area contributed by atoms with Crippen LogP contribution in [-0.4, -0.2) is 10.9 Å². The van der Waals surface area contributed by atoms with E-state index >= 15 is 0 Å². The Bertz CT molecular complexity index is 710. The molecule has 1 aliphatic heterocycles. The van der Waals surface area contributed by atoms with Gasteiger partial charge in [-0.15, -0.1) is 0 Å². The van der Waals surface area contributed by atoms with Crippen LogP contribution in [0.5, 0.6) is 5.75 Å². The minimum Gasteiger partial charge on any atom is -0.438 e. The molecule has 23 heavy (non-hydrogen) atoms. The van der Waals surface area contributed by atoms with Crippen molar-refractivity contribution < 1.29 is 22.7 Å². The van der Waals surface area contributed by atoms with E-state index in [0.717, 1.165) is 17.8 Å². The summed E-state index contributed by atoms with van der Waals surface area (Å²) in [6.07, 6.45) is -2.88. The van der Waals surface area contributed by atoms with Gasteiger partial charge in [0.15, 0.2) is 6.10 Å². The Balaban J connectivity index is 1.63. The predicted octanol–water partition coefficient (Wildman–Crippen LogP) is 4.26. The lowest BCUT2D eigenvalue weighted by molar-refractivity contribution is -0.137. The number of halogens is 3. The van der Waals surface area contributed by atoms with Crippen LogP contribution >= 0.6 is 0 Å². The first-order valence-corrected chi connectivity index (χ1v) is 6.92. The predicted molar refractivity (Wildman–Crippen MR) is 76.9 cm³/mol. The Kier molecular flexibility index (Phi) is 3.94. The van der Waals surface area contributed by atoms with Crippen LogP contribution in [0.4, 0.5) is 13.2 Å². The molecule has 0 spiro atoms. The molecule has 7 heteroatoms. The number of ether oxygens (including phenoxy) is 1. The lowest BCUT2D eigenvalue weighted by atomic mass is 10.0. The molecule has 1 aromatic carbocycles. The summed E-state index contributed by atoms with van der Waals surface area (Å²) in [6.45, 7) is 1.86. The van der Waals surface area contributed by atoms with E-state index in [2.05, 4.69) is 10.1 Å². The van der Waals surface area contributed by atoms with E-state index in [0.29, 0.717) is 23.6 Å². The molecule has 0 aliphatic carbocycles. The number of aryl methyl sites for hydroxylation is 1. The van der Waals surface area contributed by atoms with E-state index in [1.54, 1.807) is 18.3 Å². The molecule has 1 aromatic heterocycles. The normalized spacial score (nSPS) is 17.6. The van der Waals surface area contributed by atoms with Crippen LogP contribution in [0.15, 0.2) is 47.8 Å². The Morgan fingerprint density at radius 2 is 1.87 bits per heavy atom. The third kappa shape index (κ3) is 3.61. The van der Waals surface area contributed by atoms with Crippen molar-refractivity contribution in [3.05, 3.63) is 59.4 Å². The van der Waals surface area contributed by atoms with Crippen LogP contribution in [0.3, 0.4) is 0 Å². The van der Waals surface area contributed by atoms with Gasteiger partial charge < -0.3 is 9.57 Å². The summed E-state index contributed by atoms with van der Waals surface area (Å²) in [6, 6.07) is 8.40. The summed E-state index contributed by atoms with van der Waals surface area (Å²) in [5, 5.41) is 3.83. The van der Waals surface area contributed by atoms with Crippen LogP contribution in [0, 0.1) is 6.92 Å². The summed E-state index contributed by atoms with van der Waals surface area (Å²) < 4.78 is 43.2. The molecule has 4 nitrogen and oxygen atoms in total. The topological polar surface area (TPSA) is 43.7 Å². The molecule has 120 valence electrons. The quantitative estimate of drug-likeness (QED) is 0.829. The van der Waals surface area contributed by atoms with Gasteiger partial charge in [0.2, 0.25) is 5.90 Å². The Morgan fingerprint density at radius 1 is 1.13 bits per heavy atom. The van der Waals surface area contributed by atoms with Crippen molar-refractivity contribution in [3.63, 3.8) is 0 Å². The molecule has 0 unspecified atom stereocenters. The zero-order valence-electron chi connectivity index (χ0n) is 12.2. The number of oxime groups is 1. The maximum absolute atomic E-state index is 12.5. The second kappa shape index (κ2) is 5.91. The van der Waals surface area contributed by atoms with Crippen LogP contribution in [-0.2, 0) is 11.0 Å². The lowest BCUT2D eigenvalue weighted by Crippen LogP contribution is -2.08. The minimum atomic E-state index is -4.35. The molecule has 2 heterocycles. The highest BCUT2D eigenvalue weighted by atomic mass is 19.4. The Labute approximate surface area is 130 Å². The van der Waals surface area contributed by atoms with Gasteiger partial charge in [-0.05, 0) is 36.8 Å². The maximum Gasteiger partial charge on any atom is 0.416 e. The van der Waals surface area contributed by atoms with E-state index < -0.39 is 17.8 Å². The molecule has 2 aromatic rings. The number of hydrogen-bond donors (Lipinski definition) is 0. The molecule has 1 atom stereocenters. The van der Waals surface area contributed by atoms with Gasteiger partial charge >= 0.3 is 6.18 Å². The number of aromatic nitrogens is 1. The van der Waals surface area contributed by atoms with E-state index in [4.69, 9.17) is 9.57 Å². The van der Waals surface area contributed by atoms with Crippen molar-refractivity contribution in [2.45, 2.75) is 25.6 Å². The first kappa shape index (κ1) is 15.3. The fraction of sp³-hybridized carbons (Fsp3) is 0.250. The summed E-state index contributed by atoms with van der Waals surface area (Å²) in [5.41, 5.74) is 0.786. The number of alkyl halides is 3. The molecule has 0 saturated heterocycles. The Morgan fingerprint density at radius 3 is 2.48 bits per heavy atom. The average Bonchev–Trinajstić information content (AvgIpc) is 2.97. The van der Waals surface area contributed by atoms with E-state index in [9.17, 15) is 13.2 Å². The monoisotopic (exact) mass is 322 g/mol. The zero-order valence-corrected chi connectivity index (χ0v) is 12.2. The van der Waals surface area contributed by atoms with E-state index in [1.807, 2.05) is 6.92 Å². The van der Waals surface area contributed by atoms with Gasteiger partial charge in [0.05, 0.1) is 18.2 Å². The van der Waals surface area contributed by atoms with E-state index in [-0.39, 0.29) is 0 Å². The van der Waals surface area contributed by atoms with Gasteiger partial charge in [-0.1, -0.05) is 17.3 Å². The summed E-state index contributed by atoms with van der Waals surface area (Å²) in [5.74, 6) is 0.895. The lowest BCUT2D eigenvalue weighted by Gasteiger charge is -2.10. The highest BCUT2D eigenvalue weighted by molar-refractivity contribution is 5.79. The summed E-state index contributed by atoms with van der Waals surface area (Å²) >= 11 is 0. The number of pyridine rings is 1. The molecule has 1 aliphatic rings. The smallest absolute Gasteiger partial charge is 0.416 e. The Hall–Kier alpha value is -2.57. The molecular formula is C16H13F3N2O2. The highest BCUT2D eigenvalue weighted by Crippen LogP contribution is 2.32. The maximum atomic E-state index is 12.5. The fourth-order valence-electron chi connectivity index (χ4n) is 2.13. The molecule has 0 saturated carbocycles. The van der Waals surface area contributed by atoms with Crippen LogP contribution in [0.2, 0.25) is 0 Å². The van der Waals surface area contributed by atoms with Gasteiger partial charge in [0.1, 0.15) is 5.75 Å². The van der Waals surface area contributed by atoms with Crippen molar-refractivity contribution >= 4 is 5.90 Å².